The van der Waals surface area contributed by atoms with Crippen molar-refractivity contribution in [2.75, 3.05) is 25.8 Å². The summed E-state index contributed by atoms with van der Waals surface area (Å²) in [5.41, 5.74) is 5.20. The zero-order valence-corrected chi connectivity index (χ0v) is 20.5. The number of anilines is 1. The van der Waals surface area contributed by atoms with Crippen LogP contribution in [-0.4, -0.2) is 53.4 Å². The summed E-state index contributed by atoms with van der Waals surface area (Å²) in [4.78, 5) is 23.4. The first-order chi connectivity index (χ1) is 16.4. The Hall–Kier alpha value is -2.91. The van der Waals surface area contributed by atoms with E-state index in [-0.39, 0.29) is 40.2 Å². The molecule has 1 aromatic carbocycles. The number of H-pyrrole nitrogens is 1. The lowest BCUT2D eigenvalue weighted by Gasteiger charge is -2.27. The van der Waals surface area contributed by atoms with E-state index in [1.54, 1.807) is 0 Å². The molecular formula is C23H27F3N5O3P. The number of halogens is 3. The molecule has 0 bridgehead atoms. The van der Waals surface area contributed by atoms with Crippen LogP contribution in [0.25, 0.3) is 22.2 Å². The Labute approximate surface area is 200 Å². The van der Waals surface area contributed by atoms with E-state index in [0.29, 0.717) is 10.9 Å². The molecule has 0 spiro atoms. The summed E-state index contributed by atoms with van der Waals surface area (Å²) in [7, 11) is -1.83. The molecule has 4 N–H and O–H groups in total. The number of ether oxygens (including phenoxy) is 1. The molecule has 188 valence electrons. The maximum Gasteiger partial charge on any atom is 0.419 e. The number of benzene rings is 1. The van der Waals surface area contributed by atoms with Gasteiger partial charge in [-0.1, -0.05) is 6.07 Å². The second kappa shape index (κ2) is 9.28. The first kappa shape index (κ1) is 25.2. The normalized spacial score (nSPS) is 19.1. The highest BCUT2D eigenvalue weighted by Gasteiger charge is 2.37. The van der Waals surface area contributed by atoms with Gasteiger partial charge in [-0.25, -0.2) is 14.8 Å². The number of nitrogens with two attached hydrogens (primary N) is 1. The summed E-state index contributed by atoms with van der Waals surface area (Å²) < 4.78 is 59.7. The van der Waals surface area contributed by atoms with Crippen LogP contribution in [0.4, 0.5) is 19.1 Å². The number of alkyl halides is 3. The number of hydrogen-bond acceptors (Lipinski definition) is 7. The van der Waals surface area contributed by atoms with Crippen molar-refractivity contribution in [1.82, 2.24) is 15.0 Å². The third kappa shape index (κ3) is 5.06. The van der Waals surface area contributed by atoms with E-state index in [1.807, 2.05) is 0 Å². The predicted octanol–water partition coefficient (Wildman–Crippen LogP) is 4.36. The van der Waals surface area contributed by atoms with Crippen LogP contribution in [0.15, 0.2) is 24.5 Å². The van der Waals surface area contributed by atoms with Crippen molar-refractivity contribution in [2.24, 2.45) is 5.73 Å². The molecule has 12 heteroatoms. The number of rotatable bonds is 5. The minimum absolute atomic E-state index is 0.0163. The third-order valence-electron chi connectivity index (χ3n) is 6.23. The molecule has 8 nitrogen and oxygen atoms in total. The number of nitrogens with one attached hydrogen (secondary N) is 2. The van der Waals surface area contributed by atoms with Gasteiger partial charge in [-0.05, 0) is 45.1 Å². The van der Waals surface area contributed by atoms with Gasteiger partial charge in [0.05, 0.1) is 23.9 Å². The van der Waals surface area contributed by atoms with Gasteiger partial charge >= 0.3 is 12.1 Å². The van der Waals surface area contributed by atoms with Crippen LogP contribution in [0, 0.1) is 0 Å². The standard InChI is InChI=1S/C23H27F3N5O3P/c1-34-21(32)15-9-8-14-16(10-28-19(14)20(15)35(2,3)33)18-17(23(24,25)26)11-29-22(31-18)30-13-6-4-12(27)5-7-13/h8-13,28H,4-7,27H2,1-3H3,(H,29,30,31). The van der Waals surface area contributed by atoms with Gasteiger partial charge in [-0.3, -0.25) is 0 Å². The first-order valence-electron chi connectivity index (χ1n) is 11.1. The van der Waals surface area contributed by atoms with Gasteiger partial charge in [0, 0.05) is 40.7 Å². The molecule has 1 aliphatic rings. The fourth-order valence-electron chi connectivity index (χ4n) is 4.52. The molecule has 0 atom stereocenters. The Bertz CT molecular complexity index is 1310. The van der Waals surface area contributed by atoms with Crippen molar-refractivity contribution in [2.45, 2.75) is 43.9 Å². The monoisotopic (exact) mass is 509 g/mol. The Kier molecular flexibility index (Phi) is 6.68. The lowest BCUT2D eigenvalue weighted by atomic mass is 9.92. The second-order valence-electron chi connectivity index (χ2n) is 9.14. The predicted molar refractivity (Wildman–Crippen MR) is 129 cm³/mol. The Morgan fingerprint density at radius 2 is 1.91 bits per heavy atom. The van der Waals surface area contributed by atoms with Crippen molar-refractivity contribution in [3.63, 3.8) is 0 Å². The van der Waals surface area contributed by atoms with Crippen LogP contribution in [0.5, 0.6) is 0 Å². The van der Waals surface area contributed by atoms with E-state index in [1.165, 1.54) is 38.8 Å². The summed E-state index contributed by atoms with van der Waals surface area (Å²) >= 11 is 0. The van der Waals surface area contributed by atoms with E-state index in [9.17, 15) is 22.5 Å². The SMILES string of the molecule is COC(=O)c1ccc2c(-c3nc(NC4CCC(N)CC4)ncc3C(F)(F)F)c[nH]c2c1P(C)(C)=O. The summed E-state index contributed by atoms with van der Waals surface area (Å²) in [6, 6.07) is 3.06. The van der Waals surface area contributed by atoms with Gasteiger partial charge in [0.2, 0.25) is 5.95 Å². The van der Waals surface area contributed by atoms with E-state index in [2.05, 4.69) is 20.3 Å². The van der Waals surface area contributed by atoms with Crippen LogP contribution in [0.1, 0.15) is 41.6 Å². The van der Waals surface area contributed by atoms with Crippen LogP contribution in [-0.2, 0) is 15.5 Å². The molecule has 2 heterocycles. The van der Waals surface area contributed by atoms with Crippen LogP contribution < -0.4 is 16.4 Å². The lowest BCUT2D eigenvalue weighted by Crippen LogP contribution is -2.33. The number of carbonyl (C=O) groups is 1. The number of carbonyl (C=O) groups excluding carboxylic acids is 1. The smallest absolute Gasteiger partial charge is 0.419 e. The Morgan fingerprint density at radius 1 is 1.23 bits per heavy atom. The molecule has 3 aromatic rings. The summed E-state index contributed by atoms with van der Waals surface area (Å²) in [6.07, 6.45) is 0.624. The van der Waals surface area contributed by atoms with Gasteiger partial charge in [0.25, 0.3) is 0 Å². The molecular weight excluding hydrogens is 482 g/mol. The topological polar surface area (TPSA) is 123 Å². The average molecular weight is 509 g/mol. The van der Waals surface area contributed by atoms with E-state index in [0.717, 1.165) is 31.9 Å². The quantitative estimate of drug-likeness (QED) is 0.345. The maximum atomic E-state index is 13.9. The number of hydrogen-bond donors (Lipinski definition) is 3. The molecule has 0 radical (unpaired) electrons. The van der Waals surface area contributed by atoms with Gasteiger partial charge < -0.3 is 25.3 Å². The van der Waals surface area contributed by atoms with Crippen LogP contribution in [0.2, 0.25) is 0 Å². The van der Waals surface area contributed by atoms with Gasteiger partial charge in [-0.15, -0.1) is 0 Å². The molecule has 1 saturated carbocycles. The van der Waals surface area contributed by atoms with Gasteiger partial charge in [0.15, 0.2) is 0 Å². The number of esters is 1. The fraction of sp³-hybridized carbons (Fsp3) is 0.435. The average Bonchev–Trinajstić information content (AvgIpc) is 3.22. The fourth-order valence-corrected chi connectivity index (χ4v) is 5.99. The summed E-state index contributed by atoms with van der Waals surface area (Å²) in [6.45, 7) is 2.97. The second-order valence-corrected chi connectivity index (χ2v) is 12.3. The van der Waals surface area contributed by atoms with E-state index < -0.39 is 24.9 Å². The zero-order valence-electron chi connectivity index (χ0n) is 19.6. The van der Waals surface area contributed by atoms with Crippen LogP contribution in [0.3, 0.4) is 0 Å². The highest BCUT2D eigenvalue weighted by atomic mass is 31.2. The number of aromatic nitrogens is 3. The molecule has 2 aromatic heterocycles. The van der Waals surface area contributed by atoms with Crippen molar-refractivity contribution in [3.05, 3.63) is 35.7 Å². The van der Waals surface area contributed by atoms with Crippen molar-refractivity contribution in [1.29, 1.82) is 0 Å². The molecule has 0 aliphatic heterocycles. The first-order valence-corrected chi connectivity index (χ1v) is 13.7. The third-order valence-corrected chi connectivity index (χ3v) is 7.77. The van der Waals surface area contributed by atoms with Gasteiger partial charge in [0.1, 0.15) is 12.7 Å². The van der Waals surface area contributed by atoms with Crippen LogP contribution >= 0.6 is 7.14 Å². The van der Waals surface area contributed by atoms with Crippen molar-refractivity contribution in [3.8, 4) is 11.3 Å². The molecule has 0 unspecified atom stereocenters. The number of methoxy groups -OCH3 is 1. The highest BCUT2D eigenvalue weighted by Crippen LogP contribution is 2.43. The lowest BCUT2D eigenvalue weighted by molar-refractivity contribution is -0.137. The van der Waals surface area contributed by atoms with Crippen molar-refractivity contribution < 1.29 is 27.3 Å². The molecule has 0 saturated heterocycles. The molecule has 1 aliphatic carbocycles. The molecule has 0 amide bonds. The zero-order chi connectivity index (χ0) is 25.5. The maximum absolute atomic E-state index is 13.9. The molecule has 35 heavy (non-hydrogen) atoms. The molecule has 4 rings (SSSR count). The highest BCUT2D eigenvalue weighted by molar-refractivity contribution is 7.70. The minimum atomic E-state index is -4.70. The molecule has 1 fully saturated rings. The number of nitrogens with zero attached hydrogens (tertiary/aromatic N) is 2. The largest absolute Gasteiger partial charge is 0.465 e. The van der Waals surface area contributed by atoms with Crippen molar-refractivity contribution >= 4 is 35.3 Å². The number of aromatic amines is 1. The van der Waals surface area contributed by atoms with E-state index in [4.69, 9.17) is 10.5 Å². The summed E-state index contributed by atoms with van der Waals surface area (Å²) in [5, 5.41) is 3.71. The van der Waals surface area contributed by atoms with Gasteiger partial charge in [-0.2, -0.15) is 13.2 Å². The Balaban J connectivity index is 1.86. The minimum Gasteiger partial charge on any atom is -0.465 e. The summed E-state index contributed by atoms with van der Waals surface area (Å²) in [5.74, 6) is -0.593. The number of fused-ring (bicyclic) bond motifs is 1. The Morgan fingerprint density at radius 3 is 2.51 bits per heavy atom. The van der Waals surface area contributed by atoms with E-state index >= 15 is 0 Å².